The number of benzene rings is 1. The number of aryl methyl sites for hydroxylation is 3. The second-order valence-electron chi connectivity index (χ2n) is 8.87. The lowest BCUT2D eigenvalue weighted by atomic mass is 10.1. The largest absolute Gasteiger partial charge is 0.508 e. The fourth-order valence-electron chi connectivity index (χ4n) is 3.89. The van der Waals surface area contributed by atoms with Crippen LogP contribution in [0.15, 0.2) is 41.8 Å². The highest BCUT2D eigenvalue weighted by Crippen LogP contribution is 2.15. The number of thiophene rings is 1. The number of phenols is 1. The molecule has 3 aromatic rings. The Kier molecular flexibility index (Phi) is 11.8. The van der Waals surface area contributed by atoms with Gasteiger partial charge in [-0.2, -0.15) is 0 Å². The van der Waals surface area contributed by atoms with Gasteiger partial charge in [-0.05, 0) is 62.8 Å². The predicted molar refractivity (Wildman–Crippen MR) is 152 cm³/mol. The number of amides is 2. The van der Waals surface area contributed by atoms with E-state index in [-0.39, 0.29) is 37.0 Å². The molecule has 0 bridgehead atoms. The van der Waals surface area contributed by atoms with Crippen LogP contribution in [0.25, 0.3) is 0 Å². The lowest BCUT2D eigenvalue weighted by Crippen LogP contribution is -2.49. The molecule has 0 aliphatic heterocycles. The molecular formula is C28H35N5O6S. The molecule has 12 heteroatoms. The maximum atomic E-state index is 13.2. The molecule has 0 aliphatic rings. The number of phenolic OH excluding ortho intramolecular Hbond substituents is 1. The van der Waals surface area contributed by atoms with Crippen molar-refractivity contribution in [3.63, 3.8) is 0 Å². The maximum absolute atomic E-state index is 13.2. The van der Waals surface area contributed by atoms with Crippen molar-refractivity contribution in [1.29, 1.82) is 0 Å². The third-order valence-corrected chi connectivity index (χ3v) is 6.68. The highest BCUT2D eigenvalue weighted by molar-refractivity contribution is 7.12. The van der Waals surface area contributed by atoms with E-state index in [2.05, 4.69) is 25.9 Å². The summed E-state index contributed by atoms with van der Waals surface area (Å²) in [5.41, 5.74) is 2.14. The predicted octanol–water partition coefficient (Wildman–Crippen LogP) is 3.01. The zero-order valence-electron chi connectivity index (χ0n) is 22.9. The lowest BCUT2D eigenvalue weighted by molar-refractivity contribution is -0.147. The van der Waals surface area contributed by atoms with Gasteiger partial charge in [-0.1, -0.05) is 18.2 Å². The number of esters is 1. The minimum Gasteiger partial charge on any atom is -0.508 e. The number of anilines is 1. The average Bonchev–Trinajstić information content (AvgIpc) is 3.46. The summed E-state index contributed by atoms with van der Waals surface area (Å²) in [7, 11) is 0. The minimum atomic E-state index is -1.13. The Labute approximate surface area is 237 Å². The Morgan fingerprint density at radius 3 is 2.50 bits per heavy atom. The second kappa shape index (κ2) is 15.5. The molecule has 0 fully saturated rings. The van der Waals surface area contributed by atoms with E-state index in [9.17, 15) is 19.5 Å². The first-order chi connectivity index (χ1) is 19.3. The molecule has 4 N–H and O–H groups in total. The summed E-state index contributed by atoms with van der Waals surface area (Å²) < 4.78 is 10.5. The van der Waals surface area contributed by atoms with Crippen LogP contribution in [0.2, 0.25) is 0 Å². The minimum absolute atomic E-state index is 0.0187. The van der Waals surface area contributed by atoms with Gasteiger partial charge in [-0.25, -0.2) is 14.8 Å². The van der Waals surface area contributed by atoms with E-state index >= 15 is 0 Å². The van der Waals surface area contributed by atoms with Gasteiger partial charge in [0.05, 0.1) is 28.4 Å². The van der Waals surface area contributed by atoms with Crippen LogP contribution in [0.3, 0.4) is 0 Å². The Morgan fingerprint density at radius 1 is 1.05 bits per heavy atom. The highest BCUT2D eigenvalue weighted by atomic mass is 32.1. The first kappa shape index (κ1) is 30.5. The molecule has 0 spiro atoms. The van der Waals surface area contributed by atoms with Crippen LogP contribution in [0, 0.1) is 13.8 Å². The molecule has 40 heavy (non-hydrogen) atoms. The number of aromatic hydroxyl groups is 1. The SMILES string of the molecule is CCOCCOC(=O)C(CNC(=O)c1cccs1)NC(=O)c1c(C)nc(NCCCc2cccc(O)c2)nc1C. The number of hydrogen-bond donors (Lipinski definition) is 4. The van der Waals surface area contributed by atoms with E-state index in [1.165, 1.54) is 11.3 Å². The smallest absolute Gasteiger partial charge is 0.330 e. The van der Waals surface area contributed by atoms with Gasteiger partial charge in [0.15, 0.2) is 0 Å². The van der Waals surface area contributed by atoms with E-state index in [1.54, 1.807) is 49.6 Å². The number of carbonyl (C=O) groups is 3. The van der Waals surface area contributed by atoms with Crippen molar-refractivity contribution >= 4 is 35.1 Å². The zero-order valence-corrected chi connectivity index (χ0v) is 23.7. The summed E-state index contributed by atoms with van der Waals surface area (Å²) in [5, 5.41) is 19.9. The number of nitrogens with zero attached hydrogens (tertiary/aromatic N) is 2. The molecule has 214 valence electrons. The van der Waals surface area contributed by atoms with Crippen molar-refractivity contribution in [2.45, 2.75) is 39.7 Å². The van der Waals surface area contributed by atoms with Crippen LogP contribution in [0.5, 0.6) is 5.75 Å². The van der Waals surface area contributed by atoms with Gasteiger partial charge in [0.25, 0.3) is 11.8 Å². The molecule has 0 saturated heterocycles. The summed E-state index contributed by atoms with van der Waals surface area (Å²) in [6.07, 6.45) is 1.56. The van der Waals surface area contributed by atoms with Crippen molar-refractivity contribution in [2.24, 2.45) is 0 Å². The first-order valence-corrected chi connectivity index (χ1v) is 13.9. The molecule has 2 heterocycles. The van der Waals surface area contributed by atoms with Crippen LogP contribution < -0.4 is 16.0 Å². The van der Waals surface area contributed by atoms with Crippen LogP contribution in [0.1, 0.15) is 50.3 Å². The Morgan fingerprint density at radius 2 is 1.82 bits per heavy atom. The third kappa shape index (κ3) is 9.31. The molecule has 3 rings (SSSR count). The van der Waals surface area contributed by atoms with Crippen molar-refractivity contribution in [2.75, 3.05) is 38.2 Å². The Hall–Kier alpha value is -4.03. The summed E-state index contributed by atoms with van der Waals surface area (Å²) in [4.78, 5) is 47.7. The zero-order chi connectivity index (χ0) is 28.9. The molecule has 0 aliphatic carbocycles. The maximum Gasteiger partial charge on any atom is 0.330 e. The molecule has 2 amide bonds. The van der Waals surface area contributed by atoms with Gasteiger partial charge in [-0.15, -0.1) is 11.3 Å². The first-order valence-electron chi connectivity index (χ1n) is 13.0. The molecule has 11 nitrogen and oxygen atoms in total. The van der Waals surface area contributed by atoms with Gasteiger partial charge in [0.1, 0.15) is 18.4 Å². The number of aromatic nitrogens is 2. The monoisotopic (exact) mass is 569 g/mol. The standard InChI is InChI=1S/C28H35N5O6S/c1-4-38-13-14-39-27(37)22(17-30-25(35)23-11-7-15-40-23)33-26(36)24-18(2)31-28(32-19(24)3)29-12-6-9-20-8-5-10-21(34)16-20/h5,7-8,10-11,15-16,22,34H,4,6,9,12-14,17H2,1-3H3,(H,30,35)(H,33,36)(H,29,31,32). The van der Waals surface area contributed by atoms with Crippen molar-refractivity contribution in [1.82, 2.24) is 20.6 Å². The fourth-order valence-corrected chi connectivity index (χ4v) is 4.53. The van der Waals surface area contributed by atoms with E-state index < -0.39 is 17.9 Å². The van der Waals surface area contributed by atoms with Crippen LogP contribution in [-0.4, -0.2) is 71.8 Å². The van der Waals surface area contributed by atoms with E-state index in [0.29, 0.717) is 35.4 Å². The van der Waals surface area contributed by atoms with Crippen molar-refractivity contribution < 1.29 is 29.0 Å². The fraction of sp³-hybridized carbons (Fsp3) is 0.393. The molecule has 0 saturated carbocycles. The van der Waals surface area contributed by atoms with E-state index in [1.807, 2.05) is 13.0 Å². The summed E-state index contributed by atoms with van der Waals surface area (Å²) in [6, 6.07) is 9.41. The molecule has 0 radical (unpaired) electrons. The summed E-state index contributed by atoms with van der Waals surface area (Å²) in [6.45, 7) is 6.37. The third-order valence-electron chi connectivity index (χ3n) is 5.81. The van der Waals surface area contributed by atoms with Gasteiger partial charge in [0, 0.05) is 19.7 Å². The van der Waals surface area contributed by atoms with Gasteiger partial charge in [0.2, 0.25) is 5.95 Å². The van der Waals surface area contributed by atoms with E-state index in [4.69, 9.17) is 9.47 Å². The van der Waals surface area contributed by atoms with Crippen LogP contribution >= 0.6 is 11.3 Å². The topological polar surface area (TPSA) is 152 Å². The van der Waals surface area contributed by atoms with Gasteiger partial charge in [-0.3, -0.25) is 9.59 Å². The molecule has 1 aromatic carbocycles. The molecule has 1 atom stereocenters. The van der Waals surface area contributed by atoms with Crippen LogP contribution in [-0.2, 0) is 20.7 Å². The number of carbonyl (C=O) groups excluding carboxylic acids is 3. The number of hydrogen-bond acceptors (Lipinski definition) is 10. The second-order valence-corrected chi connectivity index (χ2v) is 9.82. The normalized spacial score (nSPS) is 11.5. The summed E-state index contributed by atoms with van der Waals surface area (Å²) >= 11 is 1.27. The highest BCUT2D eigenvalue weighted by Gasteiger charge is 2.26. The van der Waals surface area contributed by atoms with E-state index in [0.717, 1.165) is 18.4 Å². The van der Waals surface area contributed by atoms with Gasteiger partial charge >= 0.3 is 5.97 Å². The summed E-state index contributed by atoms with van der Waals surface area (Å²) in [5.74, 6) is -0.979. The molecular weight excluding hydrogens is 534 g/mol. The Bertz CT molecular complexity index is 1260. The Balaban J connectivity index is 1.62. The van der Waals surface area contributed by atoms with Gasteiger partial charge < -0.3 is 30.5 Å². The van der Waals surface area contributed by atoms with Crippen LogP contribution in [0.4, 0.5) is 5.95 Å². The average molecular weight is 570 g/mol. The number of ether oxygens (including phenoxy) is 2. The number of rotatable bonds is 15. The van der Waals surface area contributed by atoms with Crippen molar-refractivity contribution in [3.8, 4) is 5.75 Å². The molecule has 2 aromatic heterocycles. The van der Waals surface area contributed by atoms with Crippen molar-refractivity contribution in [3.05, 3.63) is 69.2 Å². The lowest BCUT2D eigenvalue weighted by Gasteiger charge is -2.19. The molecule has 1 unspecified atom stereocenters. The number of nitrogens with one attached hydrogen (secondary N) is 3. The quantitative estimate of drug-likeness (QED) is 0.160.